The van der Waals surface area contributed by atoms with Gasteiger partial charge in [0.25, 0.3) is 5.91 Å². The molecule has 2 aromatic heterocycles. The Morgan fingerprint density at radius 3 is 2.64 bits per heavy atom. The molecule has 0 saturated carbocycles. The number of nitrogens with one attached hydrogen (secondary N) is 1. The molecule has 0 aromatic carbocycles. The maximum absolute atomic E-state index is 12.8. The Morgan fingerprint density at radius 2 is 2.09 bits per heavy atom. The standard InChI is InChI=1S/C14H16F3N3OS/c1-8(2)7-18-13(21)11-5-4-10(22-11)9-6-12(14(15,16)17)20(3)19-9/h4-6,8H,7H2,1-3H3,(H,18,21). The molecule has 0 spiro atoms. The largest absolute Gasteiger partial charge is 0.433 e. The zero-order valence-electron chi connectivity index (χ0n) is 12.4. The van der Waals surface area contributed by atoms with E-state index in [1.807, 2.05) is 13.8 Å². The van der Waals surface area contributed by atoms with Crippen molar-refractivity contribution in [2.24, 2.45) is 13.0 Å². The van der Waals surface area contributed by atoms with Gasteiger partial charge < -0.3 is 5.32 Å². The first-order valence-electron chi connectivity index (χ1n) is 6.68. The van der Waals surface area contributed by atoms with Gasteiger partial charge in [-0.05, 0) is 24.1 Å². The summed E-state index contributed by atoms with van der Waals surface area (Å²) < 4.78 is 39.1. The van der Waals surface area contributed by atoms with E-state index in [-0.39, 0.29) is 11.6 Å². The lowest BCUT2D eigenvalue weighted by Gasteiger charge is -2.05. The molecule has 120 valence electrons. The summed E-state index contributed by atoms with van der Waals surface area (Å²) in [6.45, 7) is 4.51. The summed E-state index contributed by atoms with van der Waals surface area (Å²) >= 11 is 1.12. The Morgan fingerprint density at radius 1 is 1.41 bits per heavy atom. The summed E-state index contributed by atoms with van der Waals surface area (Å²) in [6, 6.07) is 4.19. The first-order chi connectivity index (χ1) is 10.2. The van der Waals surface area contributed by atoms with Crippen LogP contribution < -0.4 is 5.32 Å². The Bertz CT molecular complexity index is 673. The highest BCUT2D eigenvalue weighted by atomic mass is 32.1. The summed E-state index contributed by atoms with van der Waals surface area (Å²) in [5.74, 6) is 0.102. The summed E-state index contributed by atoms with van der Waals surface area (Å²) in [5.41, 5.74) is -0.607. The van der Waals surface area contributed by atoms with Gasteiger partial charge in [-0.3, -0.25) is 9.48 Å². The third-order valence-corrected chi connectivity index (χ3v) is 4.03. The zero-order valence-corrected chi connectivity index (χ0v) is 13.2. The fraction of sp³-hybridized carbons (Fsp3) is 0.429. The first kappa shape index (κ1) is 16.5. The number of alkyl halides is 3. The molecule has 22 heavy (non-hydrogen) atoms. The number of hydrogen-bond donors (Lipinski definition) is 1. The molecule has 4 nitrogen and oxygen atoms in total. The molecule has 0 unspecified atom stereocenters. The predicted octanol–water partition coefficient (Wildman–Crippen LogP) is 3.55. The number of amides is 1. The number of rotatable bonds is 4. The molecule has 0 bridgehead atoms. The molecule has 0 fully saturated rings. The number of aryl methyl sites for hydroxylation is 1. The van der Waals surface area contributed by atoms with Crippen molar-refractivity contribution in [1.29, 1.82) is 0 Å². The van der Waals surface area contributed by atoms with Gasteiger partial charge in [-0.25, -0.2) is 0 Å². The molecule has 2 aromatic rings. The van der Waals surface area contributed by atoms with E-state index in [1.165, 1.54) is 7.05 Å². The lowest BCUT2D eigenvalue weighted by molar-refractivity contribution is -0.143. The SMILES string of the molecule is CC(C)CNC(=O)c1ccc(-c2cc(C(F)(F)F)n(C)n2)s1. The van der Waals surface area contributed by atoms with Gasteiger partial charge in [0.2, 0.25) is 0 Å². The first-order valence-corrected chi connectivity index (χ1v) is 7.49. The second-order valence-electron chi connectivity index (χ2n) is 5.30. The zero-order chi connectivity index (χ0) is 16.5. The normalized spacial score (nSPS) is 12.0. The number of carbonyl (C=O) groups is 1. The summed E-state index contributed by atoms with van der Waals surface area (Å²) in [4.78, 5) is 12.9. The van der Waals surface area contributed by atoms with Gasteiger partial charge in [0, 0.05) is 13.6 Å². The maximum Gasteiger partial charge on any atom is 0.433 e. The van der Waals surface area contributed by atoms with Crippen molar-refractivity contribution in [3.05, 3.63) is 28.8 Å². The van der Waals surface area contributed by atoms with E-state index in [0.717, 1.165) is 22.1 Å². The third kappa shape index (κ3) is 3.68. The highest BCUT2D eigenvalue weighted by molar-refractivity contribution is 7.17. The van der Waals surface area contributed by atoms with E-state index >= 15 is 0 Å². The highest BCUT2D eigenvalue weighted by Gasteiger charge is 2.35. The Balaban J connectivity index is 2.20. The Labute approximate surface area is 129 Å². The van der Waals surface area contributed by atoms with Crippen LogP contribution in [-0.4, -0.2) is 22.2 Å². The van der Waals surface area contributed by atoms with Crippen molar-refractivity contribution in [1.82, 2.24) is 15.1 Å². The maximum atomic E-state index is 12.8. The molecule has 8 heteroatoms. The quantitative estimate of drug-likeness (QED) is 0.931. The lowest BCUT2D eigenvalue weighted by atomic mass is 10.2. The molecule has 0 saturated heterocycles. The van der Waals surface area contributed by atoms with Crippen LogP contribution in [-0.2, 0) is 13.2 Å². The van der Waals surface area contributed by atoms with Crippen molar-refractivity contribution in [2.45, 2.75) is 20.0 Å². The summed E-state index contributed by atoms with van der Waals surface area (Å²) in [7, 11) is 1.25. The monoisotopic (exact) mass is 331 g/mol. The summed E-state index contributed by atoms with van der Waals surface area (Å²) in [5, 5.41) is 6.64. The molecule has 1 amide bonds. The minimum absolute atomic E-state index is 0.211. The fourth-order valence-electron chi connectivity index (χ4n) is 1.83. The van der Waals surface area contributed by atoms with Crippen molar-refractivity contribution < 1.29 is 18.0 Å². The molecule has 0 radical (unpaired) electrons. The predicted molar refractivity (Wildman–Crippen MR) is 78.7 cm³/mol. The smallest absolute Gasteiger partial charge is 0.351 e. The highest BCUT2D eigenvalue weighted by Crippen LogP contribution is 2.34. The lowest BCUT2D eigenvalue weighted by Crippen LogP contribution is -2.26. The van der Waals surface area contributed by atoms with Gasteiger partial charge in [0.15, 0.2) is 0 Å². The molecule has 0 aliphatic rings. The van der Waals surface area contributed by atoms with E-state index in [9.17, 15) is 18.0 Å². The van der Waals surface area contributed by atoms with Crippen molar-refractivity contribution in [3.8, 4) is 10.6 Å². The van der Waals surface area contributed by atoms with Crippen LogP contribution in [0.5, 0.6) is 0 Å². The van der Waals surface area contributed by atoms with Crippen molar-refractivity contribution in [2.75, 3.05) is 6.54 Å². The Kier molecular flexibility index (Phi) is 4.60. The van der Waals surface area contributed by atoms with E-state index in [0.29, 0.717) is 22.2 Å². The van der Waals surface area contributed by atoms with Gasteiger partial charge in [-0.15, -0.1) is 11.3 Å². The van der Waals surface area contributed by atoms with Crippen LogP contribution in [0.15, 0.2) is 18.2 Å². The van der Waals surface area contributed by atoms with Crippen molar-refractivity contribution in [3.63, 3.8) is 0 Å². The van der Waals surface area contributed by atoms with Gasteiger partial charge in [0.1, 0.15) is 11.4 Å². The fourth-order valence-corrected chi connectivity index (χ4v) is 2.71. The second kappa shape index (κ2) is 6.12. The molecule has 0 aliphatic heterocycles. The second-order valence-corrected chi connectivity index (χ2v) is 6.39. The van der Waals surface area contributed by atoms with Crippen molar-refractivity contribution >= 4 is 17.2 Å². The minimum Gasteiger partial charge on any atom is -0.351 e. The molecule has 2 rings (SSSR count). The van der Waals surface area contributed by atoms with E-state index in [4.69, 9.17) is 0 Å². The van der Waals surface area contributed by atoms with E-state index < -0.39 is 11.9 Å². The van der Waals surface area contributed by atoms with Gasteiger partial charge >= 0.3 is 6.18 Å². The molecular weight excluding hydrogens is 315 g/mol. The van der Waals surface area contributed by atoms with Crippen LogP contribution >= 0.6 is 11.3 Å². The van der Waals surface area contributed by atoms with Crippen LogP contribution in [0.1, 0.15) is 29.2 Å². The molecule has 0 atom stereocenters. The number of carbonyl (C=O) groups excluding carboxylic acids is 1. The number of nitrogens with zero attached hydrogens (tertiary/aromatic N) is 2. The molecule has 0 aliphatic carbocycles. The number of thiophene rings is 1. The number of hydrogen-bond acceptors (Lipinski definition) is 3. The van der Waals surface area contributed by atoms with Gasteiger partial charge in [-0.2, -0.15) is 18.3 Å². The average molecular weight is 331 g/mol. The van der Waals surface area contributed by atoms with Crippen LogP contribution in [0.3, 0.4) is 0 Å². The topological polar surface area (TPSA) is 46.9 Å². The molecule has 1 N–H and O–H groups in total. The summed E-state index contributed by atoms with van der Waals surface area (Å²) in [6.07, 6.45) is -4.45. The molecular formula is C14H16F3N3OS. The van der Waals surface area contributed by atoms with Gasteiger partial charge in [-0.1, -0.05) is 13.8 Å². The minimum atomic E-state index is -4.45. The van der Waals surface area contributed by atoms with Crippen LogP contribution in [0, 0.1) is 5.92 Å². The molecule has 2 heterocycles. The average Bonchev–Trinajstić information content (AvgIpc) is 3.01. The third-order valence-electron chi connectivity index (χ3n) is 2.92. The Hall–Kier alpha value is -1.83. The number of halogens is 3. The van der Waals surface area contributed by atoms with Crippen LogP contribution in [0.25, 0.3) is 10.6 Å². The van der Waals surface area contributed by atoms with Crippen LogP contribution in [0.2, 0.25) is 0 Å². The van der Waals surface area contributed by atoms with Gasteiger partial charge in [0.05, 0.1) is 9.75 Å². The van der Waals surface area contributed by atoms with Crippen LogP contribution in [0.4, 0.5) is 13.2 Å². The number of aromatic nitrogens is 2. The van der Waals surface area contributed by atoms with E-state index in [1.54, 1.807) is 12.1 Å². The van der Waals surface area contributed by atoms with E-state index in [2.05, 4.69) is 10.4 Å².